The molecule has 0 saturated carbocycles. The van der Waals surface area contributed by atoms with Crippen LogP contribution < -0.4 is 10.5 Å². The molecule has 1 rings (SSSR count). The average molecular weight is 462 g/mol. The number of carbonyl (C=O) groups is 1. The molecule has 0 aromatic heterocycles. The van der Waals surface area contributed by atoms with Gasteiger partial charge in [-0.15, -0.1) is 12.4 Å². The number of benzene rings is 1. The van der Waals surface area contributed by atoms with Crippen molar-refractivity contribution in [1.29, 1.82) is 0 Å². The number of carbonyl (C=O) groups excluding carboxylic acids is 1. The predicted molar refractivity (Wildman–Crippen MR) is 124 cm³/mol. The summed E-state index contributed by atoms with van der Waals surface area (Å²) in [4.78, 5) is 10.9. The van der Waals surface area contributed by atoms with Crippen molar-refractivity contribution in [3.05, 3.63) is 29.8 Å². The van der Waals surface area contributed by atoms with Crippen LogP contribution in [0.5, 0.6) is 5.75 Å². The third-order valence-corrected chi connectivity index (χ3v) is 4.50. The minimum atomic E-state index is -0.205. The normalized spacial score (nSPS) is 11.6. The molecule has 0 spiro atoms. The Hall–Kier alpha value is -1.38. The number of halogens is 1. The van der Waals surface area contributed by atoms with Crippen molar-refractivity contribution in [1.82, 2.24) is 0 Å². The maximum atomic E-state index is 10.9. The lowest BCUT2D eigenvalue weighted by molar-refractivity contribution is -0.141. The molecule has 0 radical (unpaired) electrons. The second-order valence-corrected chi connectivity index (χ2v) is 7.14. The van der Waals surface area contributed by atoms with Crippen LogP contribution in [0.2, 0.25) is 0 Å². The SMILES string of the molecule is COC(=O)CCCOCCOCCOCCCCCCOc1ccc([C@@H](C)N)cc1.Cl. The van der Waals surface area contributed by atoms with Crippen LogP contribution in [-0.2, 0) is 23.7 Å². The second kappa shape index (κ2) is 20.5. The number of methoxy groups -OCH3 is 1. The summed E-state index contributed by atoms with van der Waals surface area (Å²) in [7, 11) is 1.39. The van der Waals surface area contributed by atoms with Crippen molar-refractivity contribution in [3.8, 4) is 5.75 Å². The Balaban J connectivity index is 0.00000900. The summed E-state index contributed by atoms with van der Waals surface area (Å²) in [6, 6.07) is 8.04. The van der Waals surface area contributed by atoms with E-state index >= 15 is 0 Å². The van der Waals surface area contributed by atoms with Crippen molar-refractivity contribution < 1.29 is 28.5 Å². The van der Waals surface area contributed by atoms with E-state index in [9.17, 15) is 4.79 Å². The average Bonchev–Trinajstić information content (AvgIpc) is 2.75. The van der Waals surface area contributed by atoms with Crippen molar-refractivity contribution in [2.75, 3.05) is 53.4 Å². The van der Waals surface area contributed by atoms with E-state index in [1.54, 1.807) is 0 Å². The van der Waals surface area contributed by atoms with Gasteiger partial charge in [0.15, 0.2) is 0 Å². The van der Waals surface area contributed by atoms with Gasteiger partial charge in [-0.1, -0.05) is 18.6 Å². The first-order valence-corrected chi connectivity index (χ1v) is 10.9. The highest BCUT2D eigenvalue weighted by atomic mass is 35.5. The maximum Gasteiger partial charge on any atom is 0.305 e. The van der Waals surface area contributed by atoms with E-state index in [4.69, 9.17) is 24.7 Å². The molecule has 0 heterocycles. The quantitative estimate of drug-likeness (QED) is 0.245. The first-order valence-electron chi connectivity index (χ1n) is 10.9. The largest absolute Gasteiger partial charge is 0.494 e. The van der Waals surface area contributed by atoms with Gasteiger partial charge >= 0.3 is 5.97 Å². The third kappa shape index (κ3) is 16.9. The molecule has 0 bridgehead atoms. The number of ether oxygens (including phenoxy) is 5. The van der Waals surface area contributed by atoms with Gasteiger partial charge in [-0.3, -0.25) is 4.79 Å². The molecule has 1 aromatic carbocycles. The minimum Gasteiger partial charge on any atom is -0.494 e. The van der Waals surface area contributed by atoms with Crippen molar-refractivity contribution in [2.24, 2.45) is 5.73 Å². The van der Waals surface area contributed by atoms with Crippen LogP contribution in [0.4, 0.5) is 0 Å². The van der Waals surface area contributed by atoms with E-state index in [1.165, 1.54) is 7.11 Å². The Morgan fingerprint density at radius 3 is 1.87 bits per heavy atom. The van der Waals surface area contributed by atoms with E-state index in [0.717, 1.165) is 50.2 Å². The highest BCUT2D eigenvalue weighted by molar-refractivity contribution is 5.85. The maximum absolute atomic E-state index is 10.9. The zero-order valence-corrected chi connectivity index (χ0v) is 19.8. The van der Waals surface area contributed by atoms with Gasteiger partial charge in [0, 0.05) is 25.7 Å². The van der Waals surface area contributed by atoms with Gasteiger partial charge < -0.3 is 29.4 Å². The van der Waals surface area contributed by atoms with Gasteiger partial charge in [-0.2, -0.15) is 0 Å². The molecule has 180 valence electrons. The number of unbranched alkanes of at least 4 members (excludes halogenated alkanes) is 3. The zero-order chi connectivity index (χ0) is 21.9. The molecular formula is C23H40ClNO6. The standard InChI is InChI=1S/C23H39NO6.ClH/c1-20(24)21-9-11-22(12-10-21)30-15-6-4-3-5-13-27-16-18-29-19-17-28-14-7-8-23(25)26-2;/h9-12,20H,3-8,13-19,24H2,1-2H3;1H/t20-;/m1./s1. The molecule has 0 fully saturated rings. The monoisotopic (exact) mass is 461 g/mol. The Morgan fingerprint density at radius 1 is 0.806 bits per heavy atom. The summed E-state index contributed by atoms with van der Waals surface area (Å²) < 4.78 is 26.7. The molecule has 1 atom stereocenters. The molecule has 0 aliphatic rings. The molecule has 0 aliphatic carbocycles. The minimum absolute atomic E-state index is 0. The smallest absolute Gasteiger partial charge is 0.305 e. The van der Waals surface area contributed by atoms with E-state index in [2.05, 4.69) is 4.74 Å². The molecule has 8 heteroatoms. The summed E-state index contributed by atoms with van der Waals surface area (Å²) in [5, 5.41) is 0. The van der Waals surface area contributed by atoms with Crippen molar-refractivity contribution in [3.63, 3.8) is 0 Å². The number of esters is 1. The van der Waals surface area contributed by atoms with Crippen LogP contribution in [-0.4, -0.2) is 59.3 Å². The fraction of sp³-hybridized carbons (Fsp3) is 0.696. The second-order valence-electron chi connectivity index (χ2n) is 7.14. The van der Waals surface area contributed by atoms with E-state index in [1.807, 2.05) is 31.2 Å². The van der Waals surface area contributed by atoms with Crippen LogP contribution in [0.1, 0.15) is 57.1 Å². The van der Waals surface area contributed by atoms with Crippen LogP contribution in [0.15, 0.2) is 24.3 Å². The van der Waals surface area contributed by atoms with Gasteiger partial charge in [0.2, 0.25) is 0 Å². The van der Waals surface area contributed by atoms with Crippen LogP contribution >= 0.6 is 12.4 Å². The molecule has 7 nitrogen and oxygen atoms in total. The first-order chi connectivity index (χ1) is 14.6. The highest BCUT2D eigenvalue weighted by Crippen LogP contribution is 2.16. The summed E-state index contributed by atoms with van der Waals surface area (Å²) in [6.07, 6.45) is 5.41. The molecule has 2 N–H and O–H groups in total. The third-order valence-electron chi connectivity index (χ3n) is 4.50. The lowest BCUT2D eigenvalue weighted by Crippen LogP contribution is -2.11. The number of hydrogen-bond acceptors (Lipinski definition) is 7. The summed E-state index contributed by atoms with van der Waals surface area (Å²) >= 11 is 0. The van der Waals surface area contributed by atoms with E-state index < -0.39 is 0 Å². The van der Waals surface area contributed by atoms with Gasteiger partial charge in [0.05, 0.1) is 40.1 Å². The number of nitrogens with two attached hydrogens (primary N) is 1. The Kier molecular flexibility index (Phi) is 19.6. The topological polar surface area (TPSA) is 89.2 Å². The molecule has 0 amide bonds. The lowest BCUT2D eigenvalue weighted by Gasteiger charge is -2.09. The summed E-state index contributed by atoms with van der Waals surface area (Å²) in [6.45, 7) is 6.24. The van der Waals surface area contributed by atoms with Crippen LogP contribution in [0.3, 0.4) is 0 Å². The van der Waals surface area contributed by atoms with Gasteiger partial charge in [-0.05, 0) is 50.3 Å². The van der Waals surface area contributed by atoms with Crippen LogP contribution in [0, 0.1) is 0 Å². The fourth-order valence-corrected chi connectivity index (χ4v) is 2.68. The first kappa shape index (κ1) is 29.6. The zero-order valence-electron chi connectivity index (χ0n) is 19.0. The summed E-state index contributed by atoms with van der Waals surface area (Å²) in [5.74, 6) is 0.693. The van der Waals surface area contributed by atoms with Crippen molar-refractivity contribution >= 4 is 18.4 Å². The van der Waals surface area contributed by atoms with E-state index in [-0.39, 0.29) is 24.4 Å². The number of rotatable bonds is 19. The molecule has 1 aromatic rings. The predicted octanol–water partition coefficient (Wildman–Crippen LogP) is 4.07. The Morgan fingerprint density at radius 2 is 1.32 bits per heavy atom. The Bertz CT molecular complexity index is 541. The number of hydrogen-bond donors (Lipinski definition) is 1. The van der Waals surface area contributed by atoms with Gasteiger partial charge in [0.1, 0.15) is 5.75 Å². The fourth-order valence-electron chi connectivity index (χ4n) is 2.68. The van der Waals surface area contributed by atoms with Gasteiger partial charge in [-0.25, -0.2) is 0 Å². The molecule has 31 heavy (non-hydrogen) atoms. The highest BCUT2D eigenvalue weighted by Gasteiger charge is 2.00. The molecule has 0 aliphatic heterocycles. The van der Waals surface area contributed by atoms with Crippen molar-refractivity contribution in [2.45, 2.75) is 51.5 Å². The van der Waals surface area contributed by atoms with Crippen LogP contribution in [0.25, 0.3) is 0 Å². The lowest BCUT2D eigenvalue weighted by atomic mass is 10.1. The Labute approximate surface area is 193 Å². The molecular weight excluding hydrogens is 422 g/mol. The van der Waals surface area contributed by atoms with E-state index in [0.29, 0.717) is 45.9 Å². The van der Waals surface area contributed by atoms with Gasteiger partial charge in [0.25, 0.3) is 0 Å². The summed E-state index contributed by atoms with van der Waals surface area (Å²) in [5.41, 5.74) is 6.96. The molecule has 0 unspecified atom stereocenters. The molecule has 0 saturated heterocycles.